The number of carbonyl (C=O) groups excluding carboxylic acids is 1. The third-order valence-corrected chi connectivity index (χ3v) is 5.11. The zero-order chi connectivity index (χ0) is 16.0. The van der Waals surface area contributed by atoms with Crippen LogP contribution in [-0.2, 0) is 21.4 Å². The number of benzene rings is 1. The number of thiazole rings is 1. The molecule has 0 saturated carbocycles. The number of nitrogens with one attached hydrogen (secondary N) is 1. The van der Waals surface area contributed by atoms with Crippen LogP contribution in [0.25, 0.3) is 0 Å². The second-order valence-corrected chi connectivity index (χ2v) is 7.18. The SMILES string of the molecule is CN(Cc1cscn1)C(=O)CCNS(=O)(=O)c1ccccc1. The Labute approximate surface area is 133 Å². The van der Waals surface area contributed by atoms with E-state index in [1.54, 1.807) is 30.8 Å². The smallest absolute Gasteiger partial charge is 0.240 e. The molecule has 2 rings (SSSR count). The van der Waals surface area contributed by atoms with Crippen molar-refractivity contribution < 1.29 is 13.2 Å². The number of sulfonamides is 1. The molecule has 22 heavy (non-hydrogen) atoms. The summed E-state index contributed by atoms with van der Waals surface area (Å²) >= 11 is 1.47. The predicted molar refractivity (Wildman–Crippen MR) is 84.8 cm³/mol. The molecular formula is C14H17N3O3S2. The van der Waals surface area contributed by atoms with Gasteiger partial charge >= 0.3 is 0 Å². The number of nitrogens with zero attached hydrogens (tertiary/aromatic N) is 2. The van der Waals surface area contributed by atoms with Crippen LogP contribution in [0.15, 0.2) is 46.1 Å². The normalized spacial score (nSPS) is 11.3. The number of hydrogen-bond acceptors (Lipinski definition) is 5. The van der Waals surface area contributed by atoms with Crippen molar-refractivity contribution in [2.75, 3.05) is 13.6 Å². The van der Waals surface area contributed by atoms with Crippen LogP contribution in [0, 0.1) is 0 Å². The summed E-state index contributed by atoms with van der Waals surface area (Å²) in [6.45, 7) is 0.491. The van der Waals surface area contributed by atoms with Crippen molar-refractivity contribution in [2.45, 2.75) is 17.9 Å². The minimum Gasteiger partial charge on any atom is -0.340 e. The summed E-state index contributed by atoms with van der Waals surface area (Å²) in [6, 6.07) is 8.08. The highest BCUT2D eigenvalue weighted by molar-refractivity contribution is 7.89. The summed E-state index contributed by atoms with van der Waals surface area (Å²) in [6.07, 6.45) is 0.104. The van der Waals surface area contributed by atoms with E-state index >= 15 is 0 Å². The lowest BCUT2D eigenvalue weighted by Crippen LogP contribution is -2.32. The van der Waals surface area contributed by atoms with E-state index < -0.39 is 10.0 Å². The zero-order valence-electron chi connectivity index (χ0n) is 12.1. The molecule has 0 radical (unpaired) electrons. The molecule has 118 valence electrons. The average Bonchev–Trinajstić information content (AvgIpc) is 3.00. The van der Waals surface area contributed by atoms with Crippen molar-refractivity contribution in [1.29, 1.82) is 0 Å². The Morgan fingerprint density at radius 3 is 2.68 bits per heavy atom. The number of amides is 1. The van der Waals surface area contributed by atoms with Gasteiger partial charge in [-0.25, -0.2) is 18.1 Å². The van der Waals surface area contributed by atoms with Crippen LogP contribution < -0.4 is 4.72 Å². The highest BCUT2D eigenvalue weighted by Gasteiger charge is 2.15. The molecular weight excluding hydrogens is 322 g/mol. The van der Waals surface area contributed by atoms with E-state index in [0.717, 1.165) is 5.69 Å². The average molecular weight is 339 g/mol. The van der Waals surface area contributed by atoms with Crippen molar-refractivity contribution in [2.24, 2.45) is 0 Å². The fraction of sp³-hybridized carbons (Fsp3) is 0.286. The molecule has 0 spiro atoms. The zero-order valence-corrected chi connectivity index (χ0v) is 13.7. The van der Waals surface area contributed by atoms with E-state index in [1.165, 1.54) is 28.4 Å². The predicted octanol–water partition coefficient (Wildman–Crippen LogP) is 1.47. The third-order valence-electron chi connectivity index (χ3n) is 2.99. The van der Waals surface area contributed by atoms with E-state index in [9.17, 15) is 13.2 Å². The van der Waals surface area contributed by atoms with Gasteiger partial charge < -0.3 is 4.90 Å². The molecule has 0 fully saturated rings. The summed E-state index contributed by atoms with van der Waals surface area (Å²) < 4.78 is 26.4. The van der Waals surface area contributed by atoms with Crippen molar-refractivity contribution >= 4 is 27.3 Å². The second kappa shape index (κ2) is 7.48. The van der Waals surface area contributed by atoms with Crippen LogP contribution in [0.1, 0.15) is 12.1 Å². The van der Waals surface area contributed by atoms with Gasteiger partial charge in [0.25, 0.3) is 0 Å². The molecule has 0 aliphatic carbocycles. The first-order chi connectivity index (χ1) is 10.5. The lowest BCUT2D eigenvalue weighted by atomic mass is 10.3. The minimum atomic E-state index is -3.56. The van der Waals surface area contributed by atoms with Gasteiger partial charge in [0.1, 0.15) is 0 Å². The van der Waals surface area contributed by atoms with Gasteiger partial charge in [-0.15, -0.1) is 11.3 Å². The van der Waals surface area contributed by atoms with Crippen LogP contribution in [-0.4, -0.2) is 37.8 Å². The Morgan fingerprint density at radius 1 is 1.32 bits per heavy atom. The molecule has 2 aromatic rings. The fourth-order valence-electron chi connectivity index (χ4n) is 1.81. The number of aromatic nitrogens is 1. The maximum atomic E-state index is 12.0. The highest BCUT2D eigenvalue weighted by Crippen LogP contribution is 2.08. The van der Waals surface area contributed by atoms with Crippen LogP contribution in [0.5, 0.6) is 0 Å². The van der Waals surface area contributed by atoms with Crippen LogP contribution in [0.2, 0.25) is 0 Å². The Morgan fingerprint density at radius 2 is 2.05 bits per heavy atom. The van der Waals surface area contributed by atoms with Crippen molar-refractivity contribution in [3.8, 4) is 0 Å². The number of carbonyl (C=O) groups is 1. The van der Waals surface area contributed by atoms with Crippen LogP contribution in [0.3, 0.4) is 0 Å². The number of rotatable bonds is 7. The molecule has 1 amide bonds. The summed E-state index contributed by atoms with van der Waals surface area (Å²) in [5.74, 6) is -0.135. The first-order valence-corrected chi connectivity index (χ1v) is 9.07. The summed E-state index contributed by atoms with van der Waals surface area (Å²) in [7, 11) is -1.89. The Balaban J connectivity index is 1.81. The molecule has 0 bridgehead atoms. The van der Waals surface area contributed by atoms with Crippen molar-refractivity contribution in [1.82, 2.24) is 14.6 Å². The molecule has 0 saturated heterocycles. The van der Waals surface area contributed by atoms with E-state index in [2.05, 4.69) is 9.71 Å². The second-order valence-electron chi connectivity index (χ2n) is 4.69. The lowest BCUT2D eigenvalue weighted by Gasteiger charge is -2.16. The molecule has 1 aromatic heterocycles. The first kappa shape index (κ1) is 16.6. The van der Waals surface area contributed by atoms with Crippen LogP contribution in [0.4, 0.5) is 0 Å². The molecule has 6 nitrogen and oxygen atoms in total. The third kappa shape index (κ3) is 4.62. The molecule has 1 heterocycles. The summed E-state index contributed by atoms with van der Waals surface area (Å²) in [5, 5.41) is 1.88. The summed E-state index contributed by atoms with van der Waals surface area (Å²) in [4.78, 5) is 17.8. The van der Waals surface area contributed by atoms with Gasteiger partial charge in [-0.2, -0.15) is 0 Å². The Bertz CT molecular complexity index is 700. The monoisotopic (exact) mass is 339 g/mol. The topological polar surface area (TPSA) is 79.4 Å². The summed E-state index contributed by atoms with van der Waals surface area (Å²) in [5.41, 5.74) is 2.53. The van der Waals surface area contributed by atoms with E-state index in [1.807, 2.05) is 5.38 Å². The molecule has 0 unspecified atom stereocenters. The maximum absolute atomic E-state index is 12.0. The fourth-order valence-corrected chi connectivity index (χ4v) is 3.42. The van der Waals surface area contributed by atoms with Crippen LogP contribution >= 0.6 is 11.3 Å². The van der Waals surface area contributed by atoms with Gasteiger partial charge in [0.15, 0.2) is 0 Å². The lowest BCUT2D eigenvalue weighted by molar-refractivity contribution is -0.130. The highest BCUT2D eigenvalue weighted by atomic mass is 32.2. The molecule has 8 heteroatoms. The molecule has 0 aliphatic heterocycles. The largest absolute Gasteiger partial charge is 0.340 e. The van der Waals surface area contributed by atoms with Gasteiger partial charge in [-0.3, -0.25) is 4.79 Å². The van der Waals surface area contributed by atoms with Gasteiger partial charge in [0.05, 0.1) is 22.6 Å². The Hall–Kier alpha value is -1.77. The maximum Gasteiger partial charge on any atom is 0.240 e. The van der Waals surface area contributed by atoms with Gasteiger partial charge in [-0.1, -0.05) is 18.2 Å². The minimum absolute atomic E-state index is 0.0669. The van der Waals surface area contributed by atoms with Crippen molar-refractivity contribution in [3.63, 3.8) is 0 Å². The van der Waals surface area contributed by atoms with Gasteiger partial charge in [-0.05, 0) is 12.1 Å². The van der Waals surface area contributed by atoms with Gasteiger partial charge in [0.2, 0.25) is 15.9 Å². The van der Waals surface area contributed by atoms with Gasteiger partial charge in [0, 0.05) is 25.4 Å². The quantitative estimate of drug-likeness (QED) is 0.828. The van der Waals surface area contributed by atoms with E-state index in [4.69, 9.17) is 0 Å². The van der Waals surface area contributed by atoms with E-state index in [0.29, 0.717) is 6.54 Å². The van der Waals surface area contributed by atoms with Crippen molar-refractivity contribution in [3.05, 3.63) is 46.9 Å². The first-order valence-electron chi connectivity index (χ1n) is 6.65. The molecule has 0 atom stereocenters. The molecule has 0 aliphatic rings. The standard InChI is InChI=1S/C14H17N3O3S2/c1-17(9-12-10-21-11-15-12)14(18)7-8-16-22(19,20)13-5-3-2-4-6-13/h2-6,10-11,16H,7-9H2,1H3. The Kier molecular flexibility index (Phi) is 5.64. The molecule has 1 N–H and O–H groups in total. The molecule has 1 aromatic carbocycles. The van der Waals surface area contributed by atoms with E-state index in [-0.39, 0.29) is 23.8 Å². The number of hydrogen-bond donors (Lipinski definition) is 1.